The lowest BCUT2D eigenvalue weighted by Crippen LogP contribution is -2.28. The smallest absolute Gasteiger partial charge is 0.164 e. The first-order valence-electron chi connectivity index (χ1n) is 6.13. The molecule has 2 heteroatoms. The number of benzene rings is 1. The predicted molar refractivity (Wildman–Crippen MR) is 72.2 cm³/mol. The van der Waals surface area contributed by atoms with Gasteiger partial charge in [0.2, 0.25) is 0 Å². The van der Waals surface area contributed by atoms with E-state index >= 15 is 0 Å². The Morgan fingerprint density at radius 1 is 1.24 bits per heavy atom. The molecule has 0 fully saturated rings. The maximum atomic E-state index is 12.0. The Kier molecular flexibility index (Phi) is 4.47. The molecule has 0 amide bonds. The van der Waals surface area contributed by atoms with Crippen LogP contribution in [0, 0.1) is 12.3 Å². The molecule has 0 saturated carbocycles. The molecule has 0 aliphatic carbocycles. The lowest BCUT2D eigenvalue weighted by molar-refractivity contribution is 0.0968. The molecule has 1 aromatic rings. The van der Waals surface area contributed by atoms with Crippen LogP contribution in [0.15, 0.2) is 24.3 Å². The van der Waals surface area contributed by atoms with Gasteiger partial charge in [-0.3, -0.25) is 4.79 Å². The summed E-state index contributed by atoms with van der Waals surface area (Å²) in [6, 6.07) is 7.62. The number of Topliss-reactive ketones (excluding diaryl/α,β-unsaturated/α-hetero) is 1. The quantitative estimate of drug-likeness (QED) is 0.811. The van der Waals surface area contributed by atoms with Crippen molar-refractivity contribution in [3.05, 3.63) is 35.4 Å². The van der Waals surface area contributed by atoms with E-state index < -0.39 is 0 Å². The highest BCUT2D eigenvalue weighted by molar-refractivity contribution is 5.96. The van der Waals surface area contributed by atoms with Gasteiger partial charge in [0, 0.05) is 18.0 Å². The molecule has 1 unspecified atom stereocenters. The highest BCUT2D eigenvalue weighted by Gasteiger charge is 2.18. The summed E-state index contributed by atoms with van der Waals surface area (Å²) in [6.45, 7) is 8.44. The second kappa shape index (κ2) is 5.46. The molecular weight excluding hydrogens is 210 g/mol. The summed E-state index contributed by atoms with van der Waals surface area (Å²) in [4.78, 5) is 12.0. The van der Waals surface area contributed by atoms with Gasteiger partial charge in [-0.2, -0.15) is 0 Å². The van der Waals surface area contributed by atoms with Crippen molar-refractivity contribution in [2.24, 2.45) is 11.1 Å². The monoisotopic (exact) mass is 233 g/mol. The van der Waals surface area contributed by atoms with Crippen molar-refractivity contribution >= 4 is 5.78 Å². The van der Waals surface area contributed by atoms with Gasteiger partial charge in [-0.15, -0.1) is 0 Å². The van der Waals surface area contributed by atoms with Crippen LogP contribution >= 0.6 is 0 Å². The lowest BCUT2D eigenvalue weighted by Gasteiger charge is -2.22. The summed E-state index contributed by atoms with van der Waals surface area (Å²) in [5.41, 5.74) is 8.11. The summed E-state index contributed by atoms with van der Waals surface area (Å²) in [7, 11) is 0. The number of nitrogens with two attached hydrogens (primary N) is 1. The zero-order valence-corrected chi connectivity index (χ0v) is 11.3. The number of rotatable bonds is 4. The van der Waals surface area contributed by atoms with E-state index in [2.05, 4.69) is 20.8 Å². The van der Waals surface area contributed by atoms with Crippen molar-refractivity contribution in [3.63, 3.8) is 0 Å². The van der Waals surface area contributed by atoms with Crippen LogP contribution in [0.3, 0.4) is 0 Å². The fourth-order valence-corrected chi connectivity index (χ4v) is 1.95. The summed E-state index contributed by atoms with van der Waals surface area (Å²) < 4.78 is 0. The van der Waals surface area contributed by atoms with Gasteiger partial charge in [0.15, 0.2) is 5.78 Å². The number of hydrogen-bond donors (Lipinski definition) is 1. The Hall–Kier alpha value is -1.15. The molecule has 2 N–H and O–H groups in total. The lowest BCUT2D eigenvalue weighted by atomic mass is 9.86. The van der Waals surface area contributed by atoms with Crippen molar-refractivity contribution in [2.45, 2.75) is 46.6 Å². The van der Waals surface area contributed by atoms with E-state index in [1.807, 2.05) is 31.2 Å². The highest BCUT2D eigenvalue weighted by Crippen LogP contribution is 2.21. The van der Waals surface area contributed by atoms with Crippen LogP contribution in [0.4, 0.5) is 0 Å². The van der Waals surface area contributed by atoms with E-state index in [9.17, 15) is 4.79 Å². The highest BCUT2D eigenvalue weighted by atomic mass is 16.1. The van der Waals surface area contributed by atoms with Gasteiger partial charge in [-0.1, -0.05) is 50.6 Å². The first kappa shape index (κ1) is 13.9. The first-order chi connectivity index (χ1) is 7.78. The third-order valence-corrected chi connectivity index (χ3v) is 2.70. The second-order valence-electron chi connectivity index (χ2n) is 6.02. The Morgan fingerprint density at radius 2 is 1.76 bits per heavy atom. The largest absolute Gasteiger partial charge is 0.327 e. The predicted octanol–water partition coefficient (Wildman–Crippen LogP) is 3.33. The molecule has 0 heterocycles. The maximum Gasteiger partial charge on any atom is 0.164 e. The zero-order chi connectivity index (χ0) is 13.1. The van der Waals surface area contributed by atoms with Crippen molar-refractivity contribution in [3.8, 4) is 0 Å². The molecule has 1 atom stereocenters. The molecule has 94 valence electrons. The van der Waals surface area contributed by atoms with Crippen molar-refractivity contribution in [2.75, 3.05) is 0 Å². The molecule has 0 saturated heterocycles. The third kappa shape index (κ3) is 5.14. The molecule has 17 heavy (non-hydrogen) atoms. The maximum absolute atomic E-state index is 12.0. The fourth-order valence-electron chi connectivity index (χ4n) is 1.95. The van der Waals surface area contributed by atoms with Gasteiger partial charge in [-0.25, -0.2) is 0 Å². The normalized spacial score (nSPS) is 13.5. The standard InChI is InChI=1S/C15H23NO/c1-11-5-7-12(8-6-11)14(17)9-13(16)10-15(2,3)4/h5-8,13H,9-10,16H2,1-4H3. The summed E-state index contributed by atoms with van der Waals surface area (Å²) in [6.07, 6.45) is 1.30. The molecule has 1 aromatic carbocycles. The van der Waals surface area contributed by atoms with Gasteiger partial charge in [0.1, 0.15) is 0 Å². The van der Waals surface area contributed by atoms with Gasteiger partial charge >= 0.3 is 0 Å². The van der Waals surface area contributed by atoms with E-state index in [4.69, 9.17) is 5.73 Å². The number of hydrogen-bond acceptors (Lipinski definition) is 2. The molecule has 0 bridgehead atoms. The Labute approximate surface area is 104 Å². The van der Waals surface area contributed by atoms with Crippen LogP contribution in [0.25, 0.3) is 0 Å². The minimum atomic E-state index is -0.0520. The number of aryl methyl sites for hydroxylation is 1. The van der Waals surface area contributed by atoms with Crippen LogP contribution in [0.5, 0.6) is 0 Å². The molecule has 2 nitrogen and oxygen atoms in total. The molecule has 0 aromatic heterocycles. The number of ketones is 1. The van der Waals surface area contributed by atoms with Crippen LogP contribution in [-0.4, -0.2) is 11.8 Å². The van der Waals surface area contributed by atoms with Crippen molar-refractivity contribution in [1.82, 2.24) is 0 Å². The third-order valence-electron chi connectivity index (χ3n) is 2.70. The van der Waals surface area contributed by atoms with Crippen LogP contribution in [-0.2, 0) is 0 Å². The van der Waals surface area contributed by atoms with Crippen LogP contribution in [0.2, 0.25) is 0 Å². The molecule has 0 spiro atoms. The van der Waals surface area contributed by atoms with E-state index in [1.54, 1.807) is 0 Å². The Balaban J connectivity index is 2.57. The molecule has 0 radical (unpaired) electrons. The summed E-state index contributed by atoms with van der Waals surface area (Å²) in [5, 5.41) is 0. The van der Waals surface area contributed by atoms with Crippen molar-refractivity contribution < 1.29 is 4.79 Å². The Morgan fingerprint density at radius 3 is 2.24 bits per heavy atom. The number of carbonyl (C=O) groups is 1. The average molecular weight is 233 g/mol. The fraction of sp³-hybridized carbons (Fsp3) is 0.533. The molecular formula is C15H23NO. The Bertz CT molecular complexity index is 373. The SMILES string of the molecule is Cc1ccc(C(=O)CC(N)CC(C)(C)C)cc1. The van der Waals surface area contributed by atoms with Gasteiger partial charge in [0.25, 0.3) is 0 Å². The molecule has 0 aliphatic rings. The van der Waals surface area contributed by atoms with E-state index in [1.165, 1.54) is 5.56 Å². The van der Waals surface area contributed by atoms with Crippen LogP contribution < -0.4 is 5.73 Å². The minimum Gasteiger partial charge on any atom is -0.327 e. The second-order valence-corrected chi connectivity index (χ2v) is 6.02. The minimum absolute atomic E-state index is 0.0520. The molecule has 0 aliphatic heterocycles. The zero-order valence-electron chi connectivity index (χ0n) is 11.3. The number of carbonyl (C=O) groups excluding carboxylic acids is 1. The van der Waals surface area contributed by atoms with Gasteiger partial charge < -0.3 is 5.73 Å². The first-order valence-corrected chi connectivity index (χ1v) is 6.13. The van der Waals surface area contributed by atoms with Gasteiger partial charge in [0.05, 0.1) is 0 Å². The van der Waals surface area contributed by atoms with E-state index in [-0.39, 0.29) is 17.2 Å². The van der Waals surface area contributed by atoms with Gasteiger partial charge in [-0.05, 0) is 18.8 Å². The van der Waals surface area contributed by atoms with E-state index in [0.29, 0.717) is 6.42 Å². The topological polar surface area (TPSA) is 43.1 Å². The molecule has 1 rings (SSSR count). The summed E-state index contributed by atoms with van der Waals surface area (Å²) >= 11 is 0. The van der Waals surface area contributed by atoms with E-state index in [0.717, 1.165) is 12.0 Å². The van der Waals surface area contributed by atoms with Crippen LogP contribution in [0.1, 0.15) is 49.5 Å². The summed E-state index contributed by atoms with van der Waals surface area (Å²) in [5.74, 6) is 0.141. The van der Waals surface area contributed by atoms with Crippen molar-refractivity contribution in [1.29, 1.82) is 0 Å². The average Bonchev–Trinajstić information content (AvgIpc) is 2.15.